The Hall–Kier alpha value is -2.89. The van der Waals surface area contributed by atoms with Crippen LogP contribution < -0.4 is 5.69 Å². The molecule has 0 unspecified atom stereocenters. The van der Waals surface area contributed by atoms with Crippen molar-refractivity contribution in [3.8, 4) is 11.3 Å². The zero-order valence-electron chi connectivity index (χ0n) is 10.7. The van der Waals surface area contributed by atoms with Crippen molar-refractivity contribution in [3.63, 3.8) is 0 Å². The number of rotatable bonds is 1. The van der Waals surface area contributed by atoms with Gasteiger partial charge in [0.2, 0.25) is 0 Å². The second kappa shape index (κ2) is 3.80. The second-order valence-electron chi connectivity index (χ2n) is 4.75. The fraction of sp³-hybridized carbons (Fsp3) is 0.0714. The molecule has 20 heavy (non-hydrogen) atoms. The van der Waals surface area contributed by atoms with Gasteiger partial charge in [-0.1, -0.05) is 23.8 Å². The SMILES string of the molecule is Cc1cccc(-c2cc3c4n[nH]c(=O)n4ccn3n2)c1. The number of aryl methyl sites for hydroxylation is 1. The van der Waals surface area contributed by atoms with Gasteiger partial charge in [0.25, 0.3) is 0 Å². The van der Waals surface area contributed by atoms with Crippen molar-refractivity contribution in [1.82, 2.24) is 24.2 Å². The molecule has 0 atom stereocenters. The standard InChI is InChI=1S/C14H11N5O/c1-9-3-2-4-10(7-9)11-8-12-13-15-16-14(20)18(13)5-6-19(12)17-11/h2-8H,1H3,(H,16,20). The van der Waals surface area contributed by atoms with Gasteiger partial charge in [-0.15, -0.1) is 0 Å². The minimum Gasteiger partial charge on any atom is -0.247 e. The molecule has 0 spiro atoms. The normalized spacial score (nSPS) is 11.4. The molecule has 0 radical (unpaired) electrons. The molecule has 4 rings (SSSR count). The summed E-state index contributed by atoms with van der Waals surface area (Å²) in [6.45, 7) is 2.05. The van der Waals surface area contributed by atoms with E-state index in [2.05, 4.69) is 21.4 Å². The van der Waals surface area contributed by atoms with E-state index < -0.39 is 0 Å². The predicted molar refractivity (Wildman–Crippen MR) is 74.7 cm³/mol. The van der Waals surface area contributed by atoms with Crippen LogP contribution in [-0.4, -0.2) is 24.2 Å². The molecular weight excluding hydrogens is 254 g/mol. The van der Waals surface area contributed by atoms with E-state index in [0.717, 1.165) is 16.8 Å². The van der Waals surface area contributed by atoms with Crippen molar-refractivity contribution in [2.24, 2.45) is 0 Å². The molecule has 0 aliphatic rings. The number of aromatic amines is 1. The third-order valence-corrected chi connectivity index (χ3v) is 3.34. The summed E-state index contributed by atoms with van der Waals surface area (Å²) in [6.07, 6.45) is 3.40. The monoisotopic (exact) mass is 265 g/mol. The molecule has 1 aromatic carbocycles. The van der Waals surface area contributed by atoms with E-state index in [0.29, 0.717) is 5.65 Å². The van der Waals surface area contributed by atoms with Crippen LogP contribution in [0, 0.1) is 6.92 Å². The maximum absolute atomic E-state index is 11.6. The van der Waals surface area contributed by atoms with Gasteiger partial charge in [-0.2, -0.15) is 10.2 Å². The van der Waals surface area contributed by atoms with Crippen molar-refractivity contribution in [2.45, 2.75) is 6.92 Å². The van der Waals surface area contributed by atoms with Crippen molar-refractivity contribution in [1.29, 1.82) is 0 Å². The number of nitrogens with zero attached hydrogens (tertiary/aromatic N) is 4. The average Bonchev–Trinajstić information content (AvgIpc) is 3.02. The molecule has 0 bridgehead atoms. The third-order valence-electron chi connectivity index (χ3n) is 3.34. The van der Waals surface area contributed by atoms with Gasteiger partial charge in [-0.3, -0.25) is 0 Å². The summed E-state index contributed by atoms with van der Waals surface area (Å²) in [5, 5.41) is 11.0. The Labute approximate surface area is 113 Å². The highest BCUT2D eigenvalue weighted by Gasteiger charge is 2.10. The van der Waals surface area contributed by atoms with Crippen LogP contribution in [0.2, 0.25) is 0 Å². The summed E-state index contributed by atoms with van der Waals surface area (Å²) in [7, 11) is 0. The topological polar surface area (TPSA) is 67.5 Å². The van der Waals surface area contributed by atoms with Crippen LogP contribution in [-0.2, 0) is 0 Å². The quantitative estimate of drug-likeness (QED) is 0.569. The predicted octanol–water partition coefficient (Wildman–Crippen LogP) is 1.65. The fourth-order valence-corrected chi connectivity index (χ4v) is 2.37. The van der Waals surface area contributed by atoms with Crippen molar-refractivity contribution >= 4 is 11.2 Å². The van der Waals surface area contributed by atoms with Gasteiger partial charge in [0.05, 0.1) is 5.69 Å². The average molecular weight is 265 g/mol. The second-order valence-corrected chi connectivity index (χ2v) is 4.75. The maximum atomic E-state index is 11.6. The van der Waals surface area contributed by atoms with E-state index >= 15 is 0 Å². The molecule has 98 valence electrons. The summed E-state index contributed by atoms with van der Waals surface area (Å²) in [4.78, 5) is 11.6. The Balaban J connectivity index is 2.03. The molecule has 0 amide bonds. The van der Waals surface area contributed by atoms with E-state index in [1.807, 2.05) is 31.2 Å². The molecule has 3 aromatic heterocycles. The molecule has 0 aliphatic heterocycles. The zero-order chi connectivity index (χ0) is 13.7. The van der Waals surface area contributed by atoms with E-state index in [9.17, 15) is 4.79 Å². The number of fused-ring (bicyclic) bond motifs is 3. The molecule has 0 fully saturated rings. The molecule has 1 N–H and O–H groups in total. The van der Waals surface area contributed by atoms with Gasteiger partial charge in [0.15, 0.2) is 5.65 Å². The number of aromatic nitrogens is 5. The number of nitrogens with one attached hydrogen (secondary N) is 1. The summed E-state index contributed by atoms with van der Waals surface area (Å²) in [6, 6.07) is 10.1. The molecule has 4 aromatic rings. The molecule has 6 nitrogen and oxygen atoms in total. The zero-order valence-corrected chi connectivity index (χ0v) is 10.7. The Bertz CT molecular complexity index is 992. The highest BCUT2D eigenvalue weighted by atomic mass is 16.1. The highest BCUT2D eigenvalue weighted by molar-refractivity contribution is 5.76. The molecule has 0 aliphatic carbocycles. The van der Waals surface area contributed by atoms with Gasteiger partial charge >= 0.3 is 5.69 Å². The third kappa shape index (κ3) is 1.48. The van der Waals surface area contributed by atoms with Gasteiger partial charge < -0.3 is 0 Å². The summed E-state index contributed by atoms with van der Waals surface area (Å²) >= 11 is 0. The molecule has 6 heteroatoms. The first kappa shape index (κ1) is 11.0. The van der Waals surface area contributed by atoms with Crippen molar-refractivity contribution < 1.29 is 0 Å². The summed E-state index contributed by atoms with van der Waals surface area (Å²) in [5.41, 5.74) is 4.20. The molecule has 0 saturated carbocycles. The first-order valence-electron chi connectivity index (χ1n) is 6.24. The summed E-state index contributed by atoms with van der Waals surface area (Å²) in [5.74, 6) is 0. The van der Waals surface area contributed by atoms with Crippen LogP contribution in [0.15, 0.2) is 47.5 Å². The smallest absolute Gasteiger partial charge is 0.247 e. The molecule has 0 saturated heterocycles. The summed E-state index contributed by atoms with van der Waals surface area (Å²) < 4.78 is 3.20. The van der Waals surface area contributed by atoms with Gasteiger partial charge in [0, 0.05) is 18.0 Å². The number of benzene rings is 1. The molecule has 3 heterocycles. The van der Waals surface area contributed by atoms with Gasteiger partial charge in [-0.05, 0) is 19.1 Å². The lowest BCUT2D eigenvalue weighted by molar-refractivity contribution is 0.936. The van der Waals surface area contributed by atoms with E-state index in [1.165, 1.54) is 9.96 Å². The fourth-order valence-electron chi connectivity index (χ4n) is 2.37. The lowest BCUT2D eigenvalue weighted by atomic mass is 10.1. The van der Waals surface area contributed by atoms with E-state index in [1.54, 1.807) is 16.9 Å². The van der Waals surface area contributed by atoms with Crippen LogP contribution in [0.3, 0.4) is 0 Å². The van der Waals surface area contributed by atoms with Gasteiger partial charge in [0.1, 0.15) is 5.52 Å². The highest BCUT2D eigenvalue weighted by Crippen LogP contribution is 2.21. The number of H-pyrrole nitrogens is 1. The number of hydrogen-bond acceptors (Lipinski definition) is 3. The van der Waals surface area contributed by atoms with E-state index in [-0.39, 0.29) is 5.69 Å². The van der Waals surface area contributed by atoms with Crippen LogP contribution in [0.25, 0.3) is 22.4 Å². The Kier molecular flexibility index (Phi) is 2.09. The Morgan fingerprint density at radius 1 is 1.20 bits per heavy atom. The van der Waals surface area contributed by atoms with Gasteiger partial charge in [-0.25, -0.2) is 18.8 Å². The largest absolute Gasteiger partial charge is 0.347 e. The van der Waals surface area contributed by atoms with Crippen molar-refractivity contribution in [3.05, 3.63) is 58.8 Å². The van der Waals surface area contributed by atoms with Crippen molar-refractivity contribution in [2.75, 3.05) is 0 Å². The minimum atomic E-state index is -0.249. The Morgan fingerprint density at radius 3 is 2.95 bits per heavy atom. The van der Waals surface area contributed by atoms with Crippen LogP contribution in [0.5, 0.6) is 0 Å². The first-order chi connectivity index (χ1) is 9.72. The first-order valence-corrected chi connectivity index (χ1v) is 6.24. The lowest BCUT2D eigenvalue weighted by Crippen LogP contribution is -2.09. The maximum Gasteiger partial charge on any atom is 0.347 e. The molecular formula is C14H11N5O. The number of hydrogen-bond donors (Lipinski definition) is 1. The lowest BCUT2D eigenvalue weighted by Gasteiger charge is -1.97. The Morgan fingerprint density at radius 2 is 2.10 bits per heavy atom. The van der Waals surface area contributed by atoms with Crippen LogP contribution in [0.4, 0.5) is 0 Å². The van der Waals surface area contributed by atoms with E-state index in [4.69, 9.17) is 0 Å². The van der Waals surface area contributed by atoms with Crippen LogP contribution >= 0.6 is 0 Å². The minimum absolute atomic E-state index is 0.249. The van der Waals surface area contributed by atoms with Crippen LogP contribution in [0.1, 0.15) is 5.56 Å².